The number of anilines is 1. The Balaban J connectivity index is 2.31. The number of aliphatic hydroxyl groups excluding tert-OH is 1. The monoisotopic (exact) mass is 236 g/mol. The minimum atomic E-state index is -0.458. The van der Waals surface area contributed by atoms with E-state index >= 15 is 0 Å². The van der Waals surface area contributed by atoms with Crippen molar-refractivity contribution >= 4 is 11.6 Å². The van der Waals surface area contributed by atoms with Crippen LogP contribution >= 0.6 is 0 Å². The molecule has 0 saturated carbocycles. The minimum Gasteiger partial charge on any atom is -0.399 e. The number of benzene rings is 1. The molecule has 4 N–H and O–H groups in total. The number of rotatable bonds is 6. The molecule has 94 valence electrons. The summed E-state index contributed by atoms with van der Waals surface area (Å²) in [6, 6.07) is 7.53. The molecule has 0 aromatic heterocycles. The van der Waals surface area contributed by atoms with Crippen molar-refractivity contribution in [3.8, 4) is 0 Å². The molecule has 17 heavy (non-hydrogen) atoms. The van der Waals surface area contributed by atoms with E-state index in [2.05, 4.69) is 5.32 Å². The lowest BCUT2D eigenvalue weighted by Gasteiger charge is -2.10. The normalized spacial score (nSPS) is 12.1. The SMILES string of the molecule is CCC(O)CNC(=O)CCc1ccccc1N. The third kappa shape index (κ3) is 4.87. The van der Waals surface area contributed by atoms with Gasteiger partial charge < -0.3 is 16.2 Å². The van der Waals surface area contributed by atoms with Gasteiger partial charge in [0.05, 0.1) is 6.10 Å². The van der Waals surface area contributed by atoms with E-state index in [4.69, 9.17) is 5.73 Å². The Labute approximate surface area is 102 Å². The number of carbonyl (C=O) groups excluding carboxylic acids is 1. The zero-order valence-corrected chi connectivity index (χ0v) is 10.1. The van der Waals surface area contributed by atoms with Crippen molar-refractivity contribution in [2.75, 3.05) is 12.3 Å². The molecule has 1 atom stereocenters. The average Bonchev–Trinajstić information content (AvgIpc) is 2.35. The van der Waals surface area contributed by atoms with Crippen molar-refractivity contribution in [3.63, 3.8) is 0 Å². The molecule has 0 radical (unpaired) electrons. The highest BCUT2D eigenvalue weighted by Crippen LogP contribution is 2.12. The van der Waals surface area contributed by atoms with E-state index in [0.29, 0.717) is 31.5 Å². The maximum absolute atomic E-state index is 11.5. The Morgan fingerprint density at radius 1 is 1.47 bits per heavy atom. The Bertz CT molecular complexity index is 366. The molecule has 1 aromatic carbocycles. The Morgan fingerprint density at radius 2 is 2.18 bits per heavy atom. The summed E-state index contributed by atoms with van der Waals surface area (Å²) in [4.78, 5) is 11.5. The van der Waals surface area contributed by atoms with Gasteiger partial charge in [0.1, 0.15) is 0 Å². The lowest BCUT2D eigenvalue weighted by atomic mass is 10.1. The van der Waals surface area contributed by atoms with Crippen LogP contribution in [0.4, 0.5) is 5.69 Å². The van der Waals surface area contributed by atoms with E-state index in [9.17, 15) is 9.90 Å². The zero-order chi connectivity index (χ0) is 12.7. The minimum absolute atomic E-state index is 0.0549. The molecule has 1 rings (SSSR count). The van der Waals surface area contributed by atoms with Gasteiger partial charge in [0, 0.05) is 18.7 Å². The van der Waals surface area contributed by atoms with E-state index in [0.717, 1.165) is 5.56 Å². The first kappa shape index (κ1) is 13.5. The first-order valence-corrected chi connectivity index (χ1v) is 5.91. The van der Waals surface area contributed by atoms with Crippen LogP contribution in [0.2, 0.25) is 0 Å². The van der Waals surface area contributed by atoms with Gasteiger partial charge in [-0.15, -0.1) is 0 Å². The standard InChI is InChI=1S/C13H20N2O2/c1-2-11(16)9-15-13(17)8-7-10-5-3-4-6-12(10)14/h3-6,11,16H,2,7-9,14H2,1H3,(H,15,17). The molecule has 0 saturated heterocycles. The zero-order valence-electron chi connectivity index (χ0n) is 10.1. The quantitative estimate of drug-likeness (QED) is 0.647. The highest BCUT2D eigenvalue weighted by atomic mass is 16.3. The van der Waals surface area contributed by atoms with Crippen molar-refractivity contribution < 1.29 is 9.90 Å². The van der Waals surface area contributed by atoms with Crippen molar-refractivity contribution in [2.45, 2.75) is 32.3 Å². The molecule has 0 aliphatic heterocycles. The number of aliphatic hydroxyl groups is 1. The van der Waals surface area contributed by atoms with E-state index in [1.807, 2.05) is 31.2 Å². The number of hydrogen-bond donors (Lipinski definition) is 3. The van der Waals surface area contributed by atoms with Crippen molar-refractivity contribution in [2.24, 2.45) is 0 Å². The molecular formula is C13H20N2O2. The van der Waals surface area contributed by atoms with Crippen LogP contribution in [0.1, 0.15) is 25.3 Å². The van der Waals surface area contributed by atoms with Crippen LogP contribution in [-0.4, -0.2) is 23.7 Å². The fourth-order valence-electron chi connectivity index (χ4n) is 1.47. The lowest BCUT2D eigenvalue weighted by Crippen LogP contribution is -2.31. The van der Waals surface area contributed by atoms with E-state index in [1.54, 1.807) is 0 Å². The molecule has 0 fully saturated rings. The van der Waals surface area contributed by atoms with Gasteiger partial charge in [-0.25, -0.2) is 0 Å². The van der Waals surface area contributed by atoms with Crippen molar-refractivity contribution in [1.29, 1.82) is 0 Å². The predicted octanol–water partition coefficient (Wildman–Crippen LogP) is 1.09. The molecule has 0 aliphatic carbocycles. The maximum atomic E-state index is 11.5. The van der Waals surface area contributed by atoms with Crippen LogP contribution in [0, 0.1) is 0 Å². The number of para-hydroxylation sites is 1. The van der Waals surface area contributed by atoms with Gasteiger partial charge in [0.25, 0.3) is 0 Å². The summed E-state index contributed by atoms with van der Waals surface area (Å²) in [6.07, 6.45) is 1.21. The summed E-state index contributed by atoms with van der Waals surface area (Å²) in [5.74, 6) is -0.0549. The molecule has 0 bridgehead atoms. The number of amides is 1. The van der Waals surface area contributed by atoms with Gasteiger partial charge >= 0.3 is 0 Å². The number of nitrogen functional groups attached to an aromatic ring is 1. The Kier molecular flexibility index (Phi) is 5.49. The summed E-state index contributed by atoms with van der Waals surface area (Å²) in [7, 11) is 0. The van der Waals surface area contributed by atoms with Gasteiger partial charge in [-0.05, 0) is 24.5 Å². The number of nitrogens with two attached hydrogens (primary N) is 1. The topological polar surface area (TPSA) is 75.3 Å². The predicted molar refractivity (Wildman–Crippen MR) is 68.5 cm³/mol. The number of nitrogens with one attached hydrogen (secondary N) is 1. The third-order valence-corrected chi connectivity index (χ3v) is 2.68. The number of hydrogen-bond acceptors (Lipinski definition) is 3. The molecule has 0 heterocycles. The smallest absolute Gasteiger partial charge is 0.220 e. The fraction of sp³-hybridized carbons (Fsp3) is 0.462. The summed E-state index contributed by atoms with van der Waals surface area (Å²) in [5.41, 5.74) is 7.48. The Morgan fingerprint density at radius 3 is 2.82 bits per heavy atom. The fourth-order valence-corrected chi connectivity index (χ4v) is 1.47. The summed E-state index contributed by atoms with van der Waals surface area (Å²) in [6.45, 7) is 2.20. The molecule has 1 aromatic rings. The number of carbonyl (C=O) groups is 1. The second-order valence-corrected chi connectivity index (χ2v) is 4.06. The molecule has 4 heteroatoms. The number of aryl methyl sites for hydroxylation is 1. The lowest BCUT2D eigenvalue weighted by molar-refractivity contribution is -0.121. The largest absolute Gasteiger partial charge is 0.399 e. The van der Waals surface area contributed by atoms with E-state index < -0.39 is 6.10 Å². The first-order chi connectivity index (χ1) is 8.13. The van der Waals surface area contributed by atoms with E-state index in [1.165, 1.54) is 0 Å². The highest BCUT2D eigenvalue weighted by Gasteiger charge is 2.06. The third-order valence-electron chi connectivity index (χ3n) is 2.68. The summed E-state index contributed by atoms with van der Waals surface area (Å²) >= 11 is 0. The van der Waals surface area contributed by atoms with Crippen LogP contribution in [-0.2, 0) is 11.2 Å². The molecule has 0 aliphatic rings. The van der Waals surface area contributed by atoms with Gasteiger partial charge in [-0.2, -0.15) is 0 Å². The molecule has 4 nitrogen and oxygen atoms in total. The van der Waals surface area contributed by atoms with Crippen LogP contribution in [0.5, 0.6) is 0 Å². The van der Waals surface area contributed by atoms with Crippen LogP contribution < -0.4 is 11.1 Å². The van der Waals surface area contributed by atoms with Crippen molar-refractivity contribution in [3.05, 3.63) is 29.8 Å². The molecule has 1 unspecified atom stereocenters. The van der Waals surface area contributed by atoms with Gasteiger partial charge in [-0.1, -0.05) is 25.1 Å². The average molecular weight is 236 g/mol. The Hall–Kier alpha value is -1.55. The molecular weight excluding hydrogens is 216 g/mol. The second kappa shape index (κ2) is 6.91. The summed E-state index contributed by atoms with van der Waals surface area (Å²) in [5, 5.41) is 12.0. The molecule has 1 amide bonds. The van der Waals surface area contributed by atoms with Crippen LogP contribution in [0.15, 0.2) is 24.3 Å². The van der Waals surface area contributed by atoms with Crippen LogP contribution in [0.3, 0.4) is 0 Å². The van der Waals surface area contributed by atoms with Gasteiger partial charge in [-0.3, -0.25) is 4.79 Å². The van der Waals surface area contributed by atoms with Gasteiger partial charge in [0.15, 0.2) is 0 Å². The van der Waals surface area contributed by atoms with Crippen molar-refractivity contribution in [1.82, 2.24) is 5.32 Å². The first-order valence-electron chi connectivity index (χ1n) is 5.91. The second-order valence-electron chi connectivity index (χ2n) is 4.06. The van der Waals surface area contributed by atoms with E-state index in [-0.39, 0.29) is 5.91 Å². The highest BCUT2D eigenvalue weighted by molar-refractivity contribution is 5.76. The molecule has 0 spiro atoms. The van der Waals surface area contributed by atoms with Gasteiger partial charge in [0.2, 0.25) is 5.91 Å². The summed E-state index contributed by atoms with van der Waals surface area (Å²) < 4.78 is 0. The maximum Gasteiger partial charge on any atom is 0.220 e. The van der Waals surface area contributed by atoms with Crippen LogP contribution in [0.25, 0.3) is 0 Å².